The van der Waals surface area contributed by atoms with E-state index in [-0.39, 0.29) is 27.5 Å². The van der Waals surface area contributed by atoms with Gasteiger partial charge in [0.2, 0.25) is 0 Å². The lowest BCUT2D eigenvalue weighted by atomic mass is 9.95. The van der Waals surface area contributed by atoms with Gasteiger partial charge in [0.05, 0.1) is 41.0 Å². The molecule has 5 rings (SSSR count). The lowest BCUT2D eigenvalue weighted by Gasteiger charge is -2.22. The van der Waals surface area contributed by atoms with Crippen LogP contribution < -0.4 is 14.4 Å². The summed E-state index contributed by atoms with van der Waals surface area (Å²) in [6.45, 7) is 0. The summed E-state index contributed by atoms with van der Waals surface area (Å²) in [5, 5.41) is 22.9. The maximum Gasteiger partial charge on any atom is 0.301 e. The van der Waals surface area contributed by atoms with Crippen LogP contribution in [0.1, 0.15) is 17.2 Å². The number of anilines is 1. The number of hydrogen-bond acceptors (Lipinski definition) is 9. The van der Waals surface area contributed by atoms with E-state index in [9.17, 15) is 24.8 Å². The number of Topliss-reactive ketones (excluding diaryl/α,β-unsaturated/α-hetero) is 1. The molecule has 11 heteroatoms. The average Bonchev–Trinajstić information content (AvgIpc) is 3.45. The summed E-state index contributed by atoms with van der Waals surface area (Å²) in [4.78, 5) is 43.3. The van der Waals surface area contributed by atoms with Crippen molar-refractivity contribution in [1.29, 1.82) is 0 Å². The van der Waals surface area contributed by atoms with Crippen molar-refractivity contribution in [2.45, 2.75) is 6.04 Å². The van der Waals surface area contributed by atoms with Gasteiger partial charge in [0, 0.05) is 17.7 Å². The summed E-state index contributed by atoms with van der Waals surface area (Å²) in [6.07, 6.45) is 0. The molecule has 1 aliphatic rings. The van der Waals surface area contributed by atoms with Crippen LogP contribution in [0.4, 0.5) is 10.8 Å². The lowest BCUT2D eigenvalue weighted by Crippen LogP contribution is -2.29. The van der Waals surface area contributed by atoms with Crippen LogP contribution in [-0.2, 0) is 9.59 Å². The molecule has 1 atom stereocenters. The van der Waals surface area contributed by atoms with Crippen molar-refractivity contribution < 1.29 is 29.1 Å². The largest absolute Gasteiger partial charge is 0.507 e. The van der Waals surface area contributed by atoms with E-state index in [0.29, 0.717) is 21.7 Å². The Morgan fingerprint density at radius 3 is 2.41 bits per heavy atom. The van der Waals surface area contributed by atoms with Crippen LogP contribution in [0.25, 0.3) is 16.0 Å². The second-order valence-corrected chi connectivity index (χ2v) is 9.09. The molecule has 0 bridgehead atoms. The molecule has 0 radical (unpaired) electrons. The Labute approximate surface area is 214 Å². The molecule has 37 heavy (non-hydrogen) atoms. The number of thiazole rings is 1. The minimum atomic E-state index is -1.15. The number of carbonyl (C=O) groups is 2. The SMILES string of the molecule is COc1ccc(/C(O)=C2\C(=O)C(=O)N(c3nc4ccc(OC)cc4s3)C2c2cccc([N+](=O)[O-])c2)cc1. The maximum atomic E-state index is 13.4. The van der Waals surface area contributed by atoms with Gasteiger partial charge in [-0.1, -0.05) is 23.5 Å². The predicted molar refractivity (Wildman–Crippen MR) is 137 cm³/mol. The minimum Gasteiger partial charge on any atom is -0.507 e. The summed E-state index contributed by atoms with van der Waals surface area (Å²) in [5.74, 6) is -1.11. The van der Waals surface area contributed by atoms with Crippen molar-refractivity contribution in [3.05, 3.63) is 93.5 Å². The molecule has 1 unspecified atom stereocenters. The van der Waals surface area contributed by atoms with Crippen LogP contribution in [0.5, 0.6) is 11.5 Å². The third kappa shape index (κ3) is 4.15. The number of nitrogens with zero attached hydrogens (tertiary/aromatic N) is 3. The normalized spacial score (nSPS) is 16.8. The third-order valence-electron chi connectivity index (χ3n) is 6.00. The van der Waals surface area contributed by atoms with Crippen molar-refractivity contribution in [3.63, 3.8) is 0 Å². The van der Waals surface area contributed by atoms with Crippen molar-refractivity contribution in [3.8, 4) is 11.5 Å². The summed E-state index contributed by atoms with van der Waals surface area (Å²) >= 11 is 1.16. The third-order valence-corrected chi connectivity index (χ3v) is 7.01. The van der Waals surface area contributed by atoms with Crippen molar-refractivity contribution in [2.75, 3.05) is 19.1 Å². The first-order valence-corrected chi connectivity index (χ1v) is 11.8. The predicted octanol–water partition coefficient (Wildman–Crippen LogP) is 4.85. The number of ether oxygens (including phenoxy) is 2. The van der Waals surface area contributed by atoms with Crippen LogP contribution in [0.15, 0.2) is 72.3 Å². The Bertz CT molecular complexity index is 1590. The van der Waals surface area contributed by atoms with Gasteiger partial charge in [-0.05, 0) is 48.0 Å². The summed E-state index contributed by atoms with van der Waals surface area (Å²) in [7, 11) is 3.03. The van der Waals surface area contributed by atoms with E-state index in [0.717, 1.165) is 11.3 Å². The maximum absolute atomic E-state index is 13.4. The van der Waals surface area contributed by atoms with Crippen molar-refractivity contribution in [1.82, 2.24) is 4.98 Å². The van der Waals surface area contributed by atoms with Gasteiger partial charge >= 0.3 is 5.91 Å². The molecular weight excluding hydrogens is 498 g/mol. The molecule has 0 saturated carbocycles. The molecule has 0 aliphatic carbocycles. The summed E-state index contributed by atoms with van der Waals surface area (Å²) in [5.41, 5.74) is 0.716. The monoisotopic (exact) mass is 517 g/mol. The van der Waals surface area contributed by atoms with Gasteiger partial charge in [-0.3, -0.25) is 24.6 Å². The number of aliphatic hydroxyl groups excluding tert-OH is 1. The first kappa shape index (κ1) is 23.9. The van der Waals surface area contributed by atoms with Crippen molar-refractivity contribution >= 4 is 49.8 Å². The van der Waals surface area contributed by atoms with Crippen LogP contribution in [0, 0.1) is 10.1 Å². The molecule has 1 amide bonds. The van der Waals surface area contributed by atoms with Gasteiger partial charge in [-0.15, -0.1) is 0 Å². The van der Waals surface area contributed by atoms with E-state index >= 15 is 0 Å². The van der Waals surface area contributed by atoms with Gasteiger partial charge in [-0.2, -0.15) is 0 Å². The number of benzene rings is 3. The molecule has 1 N–H and O–H groups in total. The van der Waals surface area contributed by atoms with Crippen LogP contribution in [0.2, 0.25) is 0 Å². The molecule has 1 fully saturated rings. The second kappa shape index (κ2) is 9.36. The van der Waals surface area contributed by atoms with Crippen LogP contribution >= 0.6 is 11.3 Å². The molecule has 0 spiro atoms. The number of ketones is 1. The fourth-order valence-electron chi connectivity index (χ4n) is 4.18. The topological polar surface area (TPSA) is 132 Å². The van der Waals surface area contributed by atoms with Crippen LogP contribution in [0.3, 0.4) is 0 Å². The Balaban J connectivity index is 1.72. The number of aromatic nitrogens is 1. The highest BCUT2D eigenvalue weighted by Gasteiger charge is 2.48. The van der Waals surface area contributed by atoms with Gasteiger partial charge in [0.1, 0.15) is 17.3 Å². The molecule has 10 nitrogen and oxygen atoms in total. The lowest BCUT2D eigenvalue weighted by molar-refractivity contribution is -0.384. The number of nitro groups is 1. The zero-order chi connectivity index (χ0) is 26.3. The Hall–Kier alpha value is -4.77. The molecule has 2 heterocycles. The van der Waals surface area contributed by atoms with Crippen molar-refractivity contribution in [2.24, 2.45) is 0 Å². The van der Waals surface area contributed by atoms with E-state index in [1.165, 1.54) is 37.3 Å². The highest BCUT2D eigenvalue weighted by molar-refractivity contribution is 7.22. The first-order chi connectivity index (χ1) is 17.8. The fraction of sp³-hybridized carbons (Fsp3) is 0.115. The fourth-order valence-corrected chi connectivity index (χ4v) is 5.20. The quantitative estimate of drug-likeness (QED) is 0.126. The number of methoxy groups -OCH3 is 2. The van der Waals surface area contributed by atoms with E-state index in [1.54, 1.807) is 48.5 Å². The minimum absolute atomic E-state index is 0.201. The number of nitro benzene ring substituents is 1. The van der Waals surface area contributed by atoms with Gasteiger partial charge in [0.25, 0.3) is 11.5 Å². The van der Waals surface area contributed by atoms with E-state index in [1.807, 2.05) is 0 Å². The van der Waals surface area contributed by atoms with Gasteiger partial charge in [-0.25, -0.2) is 4.98 Å². The highest BCUT2D eigenvalue weighted by atomic mass is 32.1. The summed E-state index contributed by atoms with van der Waals surface area (Å²) in [6, 6.07) is 16.0. The molecule has 1 aromatic heterocycles. The molecule has 4 aromatic rings. The number of aliphatic hydroxyl groups is 1. The second-order valence-electron chi connectivity index (χ2n) is 8.08. The number of amides is 1. The standard InChI is InChI=1S/C26H19N3O7S/c1-35-17-8-6-14(7-9-17)23(30)21-22(15-4-3-5-16(12-15)29(33)34)28(25(32)24(21)31)26-27-19-11-10-18(36-2)13-20(19)37-26/h3-13,22,30H,1-2H3/b23-21+. The molecule has 1 saturated heterocycles. The Morgan fingerprint density at radius 2 is 1.73 bits per heavy atom. The number of hydrogen-bond donors (Lipinski definition) is 1. The van der Waals surface area contributed by atoms with E-state index in [2.05, 4.69) is 4.98 Å². The van der Waals surface area contributed by atoms with Crippen LogP contribution in [-0.4, -0.2) is 40.9 Å². The number of rotatable bonds is 6. The number of carbonyl (C=O) groups excluding carboxylic acids is 2. The zero-order valence-electron chi connectivity index (χ0n) is 19.6. The smallest absolute Gasteiger partial charge is 0.301 e. The van der Waals surface area contributed by atoms with E-state index in [4.69, 9.17) is 9.47 Å². The number of non-ortho nitro benzene ring substituents is 1. The Kier molecular flexibility index (Phi) is 6.06. The summed E-state index contributed by atoms with van der Waals surface area (Å²) < 4.78 is 11.1. The zero-order valence-corrected chi connectivity index (χ0v) is 20.4. The molecular formula is C26H19N3O7S. The molecule has 3 aromatic carbocycles. The molecule has 186 valence electrons. The van der Waals surface area contributed by atoms with Gasteiger partial charge in [0.15, 0.2) is 5.13 Å². The number of fused-ring (bicyclic) bond motifs is 1. The highest BCUT2D eigenvalue weighted by Crippen LogP contribution is 2.45. The van der Waals surface area contributed by atoms with E-state index < -0.39 is 28.4 Å². The molecule has 1 aliphatic heterocycles. The Morgan fingerprint density at radius 1 is 1.03 bits per heavy atom. The first-order valence-electron chi connectivity index (χ1n) is 11.0. The average molecular weight is 518 g/mol. The van der Waals surface area contributed by atoms with Gasteiger partial charge < -0.3 is 14.6 Å².